The maximum Gasteiger partial charge on any atom is 0.255 e. The fourth-order valence-corrected chi connectivity index (χ4v) is 5.25. The van der Waals surface area contributed by atoms with Crippen LogP contribution in [0, 0.1) is 12.7 Å². The van der Waals surface area contributed by atoms with Crippen LogP contribution in [-0.4, -0.2) is 39.5 Å². The van der Waals surface area contributed by atoms with E-state index in [-0.39, 0.29) is 49.0 Å². The minimum atomic E-state index is -0.726. The van der Waals surface area contributed by atoms with Crippen molar-refractivity contribution in [2.75, 3.05) is 0 Å². The Morgan fingerprint density at radius 2 is 1.82 bits per heavy atom. The lowest BCUT2D eigenvalue weighted by atomic mass is 10.00. The number of halogens is 1. The third-order valence-electron chi connectivity index (χ3n) is 7.16. The van der Waals surface area contributed by atoms with E-state index in [1.165, 1.54) is 4.90 Å². The summed E-state index contributed by atoms with van der Waals surface area (Å²) in [7, 11) is 0. The van der Waals surface area contributed by atoms with Gasteiger partial charge in [0.2, 0.25) is 11.8 Å². The van der Waals surface area contributed by atoms with Gasteiger partial charge in [-0.05, 0) is 62.1 Å². The predicted molar refractivity (Wildman–Crippen MR) is 117 cm³/mol. The van der Waals surface area contributed by atoms with Crippen LogP contribution < -0.4 is 5.32 Å². The van der Waals surface area contributed by atoms with Gasteiger partial charge in [0.05, 0.1) is 12.1 Å². The number of nitrogens with zero attached hydrogens (tertiary/aromatic N) is 2. The standard InChI is InChI=1S/C25H24FN3O4/c1-12-4-6-16-13(2)28(11-19(16)22(12)26)24(32)15-5-7-17-18(10-15)14(3)29(25(17)33)20-8-9-21(30)27-23(20)31/h4-7,10,13-14,20H,8-9,11H2,1-3H3,(H,27,30,31). The summed E-state index contributed by atoms with van der Waals surface area (Å²) in [6.07, 6.45) is 0.450. The topological polar surface area (TPSA) is 86.8 Å². The van der Waals surface area contributed by atoms with Gasteiger partial charge in [-0.25, -0.2) is 4.39 Å². The second-order valence-electron chi connectivity index (χ2n) is 9.03. The lowest BCUT2D eigenvalue weighted by molar-refractivity contribution is -0.137. The zero-order chi connectivity index (χ0) is 23.6. The first kappa shape index (κ1) is 21.3. The number of piperidine rings is 1. The molecule has 33 heavy (non-hydrogen) atoms. The van der Waals surface area contributed by atoms with Crippen LogP contribution in [0.2, 0.25) is 0 Å². The van der Waals surface area contributed by atoms with E-state index < -0.39 is 18.0 Å². The van der Waals surface area contributed by atoms with E-state index >= 15 is 0 Å². The molecule has 7 nitrogen and oxygen atoms in total. The minimum absolute atomic E-state index is 0.177. The average Bonchev–Trinajstić information content (AvgIpc) is 3.25. The molecular formula is C25H24FN3O4. The maximum absolute atomic E-state index is 14.6. The molecule has 8 heteroatoms. The molecule has 1 fully saturated rings. The summed E-state index contributed by atoms with van der Waals surface area (Å²) in [5, 5.41) is 2.30. The van der Waals surface area contributed by atoms with Gasteiger partial charge in [-0.1, -0.05) is 12.1 Å². The van der Waals surface area contributed by atoms with Crippen molar-refractivity contribution in [3.05, 3.63) is 69.5 Å². The number of fused-ring (bicyclic) bond motifs is 2. The summed E-state index contributed by atoms with van der Waals surface area (Å²) < 4.78 is 14.6. The smallest absolute Gasteiger partial charge is 0.255 e. The van der Waals surface area contributed by atoms with Crippen molar-refractivity contribution in [1.29, 1.82) is 0 Å². The van der Waals surface area contributed by atoms with Crippen molar-refractivity contribution in [2.24, 2.45) is 0 Å². The van der Waals surface area contributed by atoms with Crippen LogP contribution in [0.3, 0.4) is 0 Å². The molecule has 170 valence electrons. The van der Waals surface area contributed by atoms with Crippen molar-refractivity contribution in [3.63, 3.8) is 0 Å². The summed E-state index contributed by atoms with van der Waals surface area (Å²) in [4.78, 5) is 53.4. The quantitative estimate of drug-likeness (QED) is 0.714. The number of hydrogen-bond donors (Lipinski definition) is 1. The van der Waals surface area contributed by atoms with Crippen LogP contribution in [0.1, 0.15) is 81.7 Å². The van der Waals surface area contributed by atoms with E-state index in [0.29, 0.717) is 27.8 Å². The van der Waals surface area contributed by atoms with Crippen LogP contribution >= 0.6 is 0 Å². The Morgan fingerprint density at radius 1 is 1.06 bits per heavy atom. The summed E-state index contributed by atoms with van der Waals surface area (Å²) in [6.45, 7) is 5.59. The largest absolute Gasteiger partial charge is 0.327 e. The first-order valence-electron chi connectivity index (χ1n) is 11.1. The van der Waals surface area contributed by atoms with Gasteiger partial charge in [-0.3, -0.25) is 24.5 Å². The number of carbonyl (C=O) groups is 4. The Morgan fingerprint density at radius 3 is 2.55 bits per heavy atom. The molecule has 2 aromatic carbocycles. The Labute approximate surface area is 190 Å². The molecule has 1 saturated heterocycles. The molecule has 0 spiro atoms. The summed E-state index contributed by atoms with van der Waals surface area (Å²) >= 11 is 0. The number of amides is 4. The first-order valence-corrected chi connectivity index (χ1v) is 11.1. The van der Waals surface area contributed by atoms with E-state index in [1.54, 1.807) is 36.1 Å². The molecule has 4 amide bonds. The molecular weight excluding hydrogens is 425 g/mol. The fraction of sp³-hybridized carbons (Fsp3) is 0.360. The Bertz CT molecular complexity index is 1240. The van der Waals surface area contributed by atoms with Gasteiger partial charge in [-0.2, -0.15) is 0 Å². The highest BCUT2D eigenvalue weighted by Gasteiger charge is 2.43. The monoisotopic (exact) mass is 449 g/mol. The van der Waals surface area contributed by atoms with Crippen molar-refractivity contribution >= 4 is 23.6 Å². The van der Waals surface area contributed by atoms with Crippen molar-refractivity contribution in [1.82, 2.24) is 15.1 Å². The molecule has 2 aromatic rings. The highest BCUT2D eigenvalue weighted by atomic mass is 19.1. The number of carbonyl (C=O) groups excluding carboxylic acids is 4. The molecule has 0 saturated carbocycles. The highest BCUT2D eigenvalue weighted by molar-refractivity contribution is 6.06. The number of benzene rings is 2. The SMILES string of the molecule is Cc1ccc2c(c1F)CN(C(=O)c1ccc3c(c1)C(C)N(C1CCC(=O)NC1=O)C3=O)C2C. The molecule has 0 aromatic heterocycles. The number of hydrogen-bond acceptors (Lipinski definition) is 4. The first-order chi connectivity index (χ1) is 15.7. The van der Waals surface area contributed by atoms with E-state index in [0.717, 1.165) is 5.56 Å². The Balaban J connectivity index is 1.43. The van der Waals surface area contributed by atoms with E-state index in [9.17, 15) is 23.6 Å². The molecule has 3 unspecified atom stereocenters. The second kappa shape index (κ2) is 7.50. The van der Waals surface area contributed by atoms with Gasteiger partial charge in [0.15, 0.2) is 0 Å². The normalized spacial score (nSPS) is 24.1. The number of aryl methyl sites for hydroxylation is 1. The minimum Gasteiger partial charge on any atom is -0.327 e. The van der Waals surface area contributed by atoms with Crippen molar-refractivity contribution in [2.45, 2.75) is 58.3 Å². The van der Waals surface area contributed by atoms with Crippen LogP contribution in [0.4, 0.5) is 4.39 Å². The fourth-order valence-electron chi connectivity index (χ4n) is 5.25. The molecule has 3 atom stereocenters. The number of nitrogens with one attached hydrogen (secondary N) is 1. The molecule has 5 rings (SSSR count). The average molecular weight is 449 g/mol. The maximum atomic E-state index is 14.6. The van der Waals surface area contributed by atoms with Crippen molar-refractivity contribution < 1.29 is 23.6 Å². The molecule has 3 aliphatic rings. The summed E-state index contributed by atoms with van der Waals surface area (Å²) in [5.74, 6) is -1.62. The van der Waals surface area contributed by atoms with Gasteiger partial charge in [0, 0.05) is 29.7 Å². The van der Waals surface area contributed by atoms with Gasteiger partial charge < -0.3 is 9.80 Å². The summed E-state index contributed by atoms with van der Waals surface area (Å²) in [6, 6.07) is 7.10. The third-order valence-corrected chi connectivity index (χ3v) is 7.16. The van der Waals surface area contributed by atoms with Crippen LogP contribution in [-0.2, 0) is 16.1 Å². The molecule has 3 heterocycles. The second-order valence-corrected chi connectivity index (χ2v) is 9.03. The third kappa shape index (κ3) is 3.15. The molecule has 0 radical (unpaired) electrons. The molecule has 0 bridgehead atoms. The zero-order valence-corrected chi connectivity index (χ0v) is 18.6. The predicted octanol–water partition coefficient (Wildman–Crippen LogP) is 3.17. The van der Waals surface area contributed by atoms with Crippen LogP contribution in [0.5, 0.6) is 0 Å². The molecule has 1 N–H and O–H groups in total. The Kier molecular flexibility index (Phi) is 4.84. The van der Waals surface area contributed by atoms with Crippen LogP contribution in [0.15, 0.2) is 30.3 Å². The number of rotatable bonds is 2. The van der Waals surface area contributed by atoms with E-state index in [4.69, 9.17) is 0 Å². The van der Waals surface area contributed by atoms with E-state index in [1.807, 2.05) is 19.9 Å². The lowest BCUT2D eigenvalue weighted by Gasteiger charge is -2.32. The Hall–Kier alpha value is -3.55. The van der Waals surface area contributed by atoms with Crippen molar-refractivity contribution in [3.8, 4) is 0 Å². The number of imide groups is 1. The van der Waals surface area contributed by atoms with E-state index in [2.05, 4.69) is 5.32 Å². The van der Waals surface area contributed by atoms with Gasteiger partial charge in [0.1, 0.15) is 11.9 Å². The molecule has 0 aliphatic carbocycles. The molecule has 3 aliphatic heterocycles. The summed E-state index contributed by atoms with van der Waals surface area (Å²) in [5.41, 5.74) is 3.43. The van der Waals surface area contributed by atoms with Gasteiger partial charge in [0.25, 0.3) is 11.8 Å². The zero-order valence-electron chi connectivity index (χ0n) is 18.6. The lowest BCUT2D eigenvalue weighted by Crippen LogP contribution is -2.53. The van der Waals surface area contributed by atoms with Crippen LogP contribution in [0.25, 0.3) is 0 Å². The van der Waals surface area contributed by atoms with Gasteiger partial charge in [-0.15, -0.1) is 0 Å². The van der Waals surface area contributed by atoms with Gasteiger partial charge >= 0.3 is 0 Å². The highest BCUT2D eigenvalue weighted by Crippen LogP contribution is 2.39.